The molecule has 2 heterocycles. The van der Waals surface area contributed by atoms with E-state index in [4.69, 9.17) is 5.11 Å². The lowest BCUT2D eigenvalue weighted by molar-refractivity contribution is -0.160. The van der Waals surface area contributed by atoms with Gasteiger partial charge in [0.05, 0.1) is 5.69 Å². The maximum Gasteiger partial charge on any atom is 0.336 e. The Morgan fingerprint density at radius 2 is 2.33 bits per heavy atom. The molecule has 6 heteroatoms. The van der Waals surface area contributed by atoms with Gasteiger partial charge < -0.3 is 14.8 Å². The fourth-order valence-corrected chi connectivity index (χ4v) is 2.49. The molecule has 0 amide bonds. The first-order valence-corrected chi connectivity index (χ1v) is 5.40. The first kappa shape index (κ1) is 10.6. The lowest BCUT2D eigenvalue weighted by atomic mass is 9.91. The molecule has 0 aromatic carbocycles. The van der Waals surface area contributed by atoms with Crippen molar-refractivity contribution in [3.63, 3.8) is 0 Å². The van der Waals surface area contributed by atoms with Crippen molar-refractivity contribution >= 4 is 21.9 Å². The maximum atomic E-state index is 10.9. The van der Waals surface area contributed by atoms with Crippen molar-refractivity contribution < 1.29 is 15.0 Å². The molecule has 2 N–H and O–H groups in total. The summed E-state index contributed by atoms with van der Waals surface area (Å²) in [4.78, 5) is 15.1. The predicted octanol–water partition coefficient (Wildman–Crippen LogP) is 0.716. The number of hydrogen-bond acceptors (Lipinski definition) is 3. The van der Waals surface area contributed by atoms with Crippen molar-refractivity contribution in [3.05, 3.63) is 16.1 Å². The first-order chi connectivity index (χ1) is 6.94. The highest BCUT2D eigenvalue weighted by Crippen LogP contribution is 2.30. The summed E-state index contributed by atoms with van der Waals surface area (Å²) in [5.41, 5.74) is -0.894. The van der Waals surface area contributed by atoms with Gasteiger partial charge in [0.2, 0.25) is 0 Å². The normalized spacial score (nSPS) is 25.0. The van der Waals surface area contributed by atoms with Crippen molar-refractivity contribution in [1.82, 2.24) is 9.55 Å². The van der Waals surface area contributed by atoms with Gasteiger partial charge in [-0.05, 0) is 22.9 Å². The Hall–Kier alpha value is -0.880. The van der Waals surface area contributed by atoms with Gasteiger partial charge in [0.1, 0.15) is 10.4 Å². The summed E-state index contributed by atoms with van der Waals surface area (Å²) in [5, 5.41) is 18.8. The molecule has 82 valence electrons. The first-order valence-electron chi connectivity index (χ1n) is 4.61. The van der Waals surface area contributed by atoms with E-state index in [1.54, 1.807) is 0 Å². The number of nitrogens with zero attached hydrogens (tertiary/aromatic N) is 2. The molecule has 0 spiro atoms. The average molecular weight is 275 g/mol. The Morgan fingerprint density at radius 3 is 2.93 bits per heavy atom. The molecule has 1 aliphatic heterocycles. The molecule has 1 aromatic heterocycles. The lowest BCUT2D eigenvalue weighted by Crippen LogP contribution is -2.45. The number of carboxylic acid groups (broad SMARTS) is 1. The summed E-state index contributed by atoms with van der Waals surface area (Å²) in [6.45, 7) is 2.35. The molecule has 1 aliphatic rings. The van der Waals surface area contributed by atoms with Gasteiger partial charge in [-0.25, -0.2) is 9.78 Å². The molecule has 5 nitrogen and oxygen atoms in total. The second-order valence-corrected chi connectivity index (χ2v) is 4.56. The zero-order valence-electron chi connectivity index (χ0n) is 8.20. The number of aromatic nitrogens is 2. The summed E-state index contributed by atoms with van der Waals surface area (Å²) >= 11 is 3.27. The second kappa shape index (κ2) is 3.31. The van der Waals surface area contributed by atoms with Gasteiger partial charge in [0, 0.05) is 19.4 Å². The largest absolute Gasteiger partial charge is 0.479 e. The number of aliphatic hydroxyl groups is 1. The quantitative estimate of drug-likeness (QED) is 0.791. The van der Waals surface area contributed by atoms with E-state index in [2.05, 4.69) is 20.9 Å². The molecule has 2 rings (SSSR count). The minimum atomic E-state index is -1.65. The zero-order chi connectivity index (χ0) is 11.2. The lowest BCUT2D eigenvalue weighted by Gasteiger charge is -2.29. The minimum absolute atomic E-state index is 0.101. The van der Waals surface area contributed by atoms with Gasteiger partial charge >= 0.3 is 5.97 Å². The number of halogens is 1. The van der Waals surface area contributed by atoms with Crippen molar-refractivity contribution in [2.75, 3.05) is 0 Å². The van der Waals surface area contributed by atoms with E-state index in [-0.39, 0.29) is 12.8 Å². The van der Waals surface area contributed by atoms with Crippen LogP contribution in [0.4, 0.5) is 0 Å². The highest BCUT2D eigenvalue weighted by atomic mass is 79.9. The molecule has 0 bridgehead atoms. The van der Waals surface area contributed by atoms with Crippen LogP contribution in [0.15, 0.2) is 4.60 Å². The van der Waals surface area contributed by atoms with Crippen molar-refractivity contribution in [2.24, 2.45) is 0 Å². The van der Waals surface area contributed by atoms with Crippen molar-refractivity contribution in [1.29, 1.82) is 0 Å². The summed E-state index contributed by atoms with van der Waals surface area (Å²) in [7, 11) is 0. The van der Waals surface area contributed by atoms with E-state index in [1.807, 2.05) is 11.5 Å². The van der Waals surface area contributed by atoms with Crippen LogP contribution in [-0.4, -0.2) is 31.3 Å². The summed E-state index contributed by atoms with van der Waals surface area (Å²) < 4.78 is 2.56. The number of carbonyl (C=O) groups is 1. The van der Waals surface area contributed by atoms with Gasteiger partial charge in [0.15, 0.2) is 5.60 Å². The Morgan fingerprint density at radius 1 is 1.67 bits per heavy atom. The third-order valence-electron chi connectivity index (χ3n) is 2.82. The third-order valence-corrected chi connectivity index (χ3v) is 3.46. The van der Waals surface area contributed by atoms with Crippen molar-refractivity contribution in [2.45, 2.75) is 31.9 Å². The summed E-state index contributed by atoms with van der Waals surface area (Å²) in [6, 6.07) is 0. The molecule has 0 aliphatic carbocycles. The molecule has 1 aromatic rings. The molecule has 0 radical (unpaired) electrons. The molecular formula is C9H11BrN2O3. The smallest absolute Gasteiger partial charge is 0.336 e. The molecular weight excluding hydrogens is 264 g/mol. The van der Waals surface area contributed by atoms with E-state index >= 15 is 0 Å². The van der Waals surface area contributed by atoms with Crippen LogP contribution in [0.1, 0.15) is 17.9 Å². The molecule has 1 atom stereocenters. The molecule has 1 unspecified atom stereocenters. The fraction of sp³-hybridized carbons (Fsp3) is 0.556. The van der Waals surface area contributed by atoms with Crippen LogP contribution in [0.5, 0.6) is 0 Å². The molecule has 0 fully saturated rings. The van der Waals surface area contributed by atoms with Gasteiger partial charge in [-0.1, -0.05) is 0 Å². The number of aliphatic carboxylic acids is 1. The van der Waals surface area contributed by atoms with Crippen LogP contribution >= 0.6 is 15.9 Å². The third kappa shape index (κ3) is 1.57. The van der Waals surface area contributed by atoms with Gasteiger partial charge in [-0.15, -0.1) is 0 Å². The average Bonchev–Trinajstić information content (AvgIpc) is 2.42. The van der Waals surface area contributed by atoms with E-state index in [0.29, 0.717) is 11.1 Å². The number of fused-ring (bicyclic) bond motifs is 1. The Bertz CT molecular complexity index is 429. The molecule has 0 saturated carbocycles. The van der Waals surface area contributed by atoms with E-state index in [9.17, 15) is 9.90 Å². The van der Waals surface area contributed by atoms with Crippen LogP contribution in [0.3, 0.4) is 0 Å². The second-order valence-electron chi connectivity index (χ2n) is 3.81. The molecule has 0 saturated heterocycles. The van der Waals surface area contributed by atoms with Gasteiger partial charge in [-0.2, -0.15) is 0 Å². The standard InChI is InChI=1S/C9H11BrN2O3/c1-5-11-7(10)6-4-9(15,8(13)14)2-3-12(5)6/h15H,2-4H2,1H3,(H,13,14). The van der Waals surface area contributed by atoms with Crippen LogP contribution in [0.2, 0.25) is 0 Å². The van der Waals surface area contributed by atoms with E-state index in [1.165, 1.54) is 0 Å². The van der Waals surface area contributed by atoms with Crippen LogP contribution in [0.25, 0.3) is 0 Å². The van der Waals surface area contributed by atoms with Crippen LogP contribution < -0.4 is 0 Å². The van der Waals surface area contributed by atoms with Crippen LogP contribution in [0, 0.1) is 6.92 Å². The maximum absolute atomic E-state index is 10.9. The number of rotatable bonds is 1. The number of carboxylic acids is 1. The summed E-state index contributed by atoms with van der Waals surface area (Å²) in [6.07, 6.45) is 0.322. The van der Waals surface area contributed by atoms with E-state index < -0.39 is 11.6 Å². The summed E-state index contributed by atoms with van der Waals surface area (Å²) in [5.74, 6) is -0.330. The molecule has 15 heavy (non-hydrogen) atoms. The number of aryl methyl sites for hydroxylation is 1. The van der Waals surface area contributed by atoms with Gasteiger partial charge in [0.25, 0.3) is 0 Å². The number of imidazole rings is 1. The minimum Gasteiger partial charge on any atom is -0.479 e. The zero-order valence-corrected chi connectivity index (χ0v) is 9.78. The van der Waals surface area contributed by atoms with Gasteiger partial charge in [-0.3, -0.25) is 0 Å². The fourth-order valence-electron chi connectivity index (χ4n) is 1.88. The van der Waals surface area contributed by atoms with Crippen LogP contribution in [-0.2, 0) is 17.8 Å². The monoisotopic (exact) mass is 274 g/mol. The predicted molar refractivity (Wildman–Crippen MR) is 55.6 cm³/mol. The van der Waals surface area contributed by atoms with E-state index in [0.717, 1.165) is 11.5 Å². The SMILES string of the molecule is Cc1nc(Br)c2n1CCC(O)(C(=O)O)C2. The highest BCUT2D eigenvalue weighted by molar-refractivity contribution is 9.10. The van der Waals surface area contributed by atoms with Crippen molar-refractivity contribution in [3.8, 4) is 0 Å². The topological polar surface area (TPSA) is 75.3 Å². The Labute approximate surface area is 94.9 Å². The Balaban J connectivity index is 2.42. The number of hydrogen-bond donors (Lipinski definition) is 2. The Kier molecular flexibility index (Phi) is 2.35. The highest BCUT2D eigenvalue weighted by Gasteiger charge is 2.41.